The summed E-state index contributed by atoms with van der Waals surface area (Å²) in [6.45, 7) is 9.97. The van der Waals surface area contributed by atoms with Crippen LogP contribution in [0.15, 0.2) is 89.6 Å². The van der Waals surface area contributed by atoms with Crippen LogP contribution in [-0.4, -0.2) is 92.7 Å². The first-order valence-corrected chi connectivity index (χ1v) is 23.2. The van der Waals surface area contributed by atoms with Crippen LogP contribution in [0.1, 0.15) is 61.9 Å². The molecule has 330 valence electrons. The van der Waals surface area contributed by atoms with Crippen molar-refractivity contribution < 1.29 is 32.3 Å². The van der Waals surface area contributed by atoms with Crippen molar-refractivity contribution >= 4 is 61.2 Å². The zero-order valence-electron chi connectivity index (χ0n) is 35.2. The van der Waals surface area contributed by atoms with Gasteiger partial charge in [0, 0.05) is 86.4 Å². The zero-order chi connectivity index (χ0) is 43.9. The van der Waals surface area contributed by atoms with Crippen molar-refractivity contribution in [2.45, 2.75) is 56.9 Å². The molecule has 3 aromatic carbocycles. The molecule has 3 aliphatic heterocycles. The number of aromatic nitrogens is 2. The number of amides is 1. The van der Waals surface area contributed by atoms with Crippen LogP contribution in [0.3, 0.4) is 0 Å². The Morgan fingerprint density at radius 3 is 2.59 bits per heavy atom. The SMILES string of the molecule is CC1(C)CCC(c2ccc(Cl)cc2)=C(CN2CCN(c3ccc(C(=O)NS(=O)(=O)c4cc5c(c([N+](=O)[O-])c4)N[C@H](C4CCOCC4)CO5)c(Oc4cnc5[nH]ccc5c4)c3)CC2)C1. The molecule has 2 fully saturated rings. The largest absolute Gasteiger partial charge is 0.489 e. The second kappa shape index (κ2) is 17.5. The molecule has 2 aromatic heterocycles. The summed E-state index contributed by atoms with van der Waals surface area (Å²) in [6.07, 6.45) is 8.00. The number of pyridine rings is 1. The maximum absolute atomic E-state index is 14.0. The summed E-state index contributed by atoms with van der Waals surface area (Å²) in [6, 6.07) is 18.8. The summed E-state index contributed by atoms with van der Waals surface area (Å²) in [7, 11) is -4.65. The molecular weight excluding hydrogens is 846 g/mol. The fourth-order valence-corrected chi connectivity index (χ4v) is 10.4. The van der Waals surface area contributed by atoms with E-state index in [4.69, 9.17) is 25.8 Å². The molecular formula is C46H50ClN7O8S. The number of nitrogens with one attached hydrogen (secondary N) is 3. The maximum Gasteiger partial charge on any atom is 0.297 e. The van der Waals surface area contributed by atoms with Crippen molar-refractivity contribution in [1.29, 1.82) is 0 Å². The monoisotopic (exact) mass is 895 g/mol. The van der Waals surface area contributed by atoms with E-state index in [-0.39, 0.29) is 46.7 Å². The predicted molar refractivity (Wildman–Crippen MR) is 241 cm³/mol. The molecule has 1 amide bonds. The molecule has 15 nitrogen and oxygen atoms in total. The molecule has 0 unspecified atom stereocenters. The van der Waals surface area contributed by atoms with Crippen molar-refractivity contribution in [1.82, 2.24) is 19.6 Å². The van der Waals surface area contributed by atoms with Crippen molar-refractivity contribution in [3.05, 3.63) is 111 Å². The fraction of sp³-hybridized carbons (Fsp3) is 0.391. The van der Waals surface area contributed by atoms with Gasteiger partial charge >= 0.3 is 0 Å². The van der Waals surface area contributed by atoms with Crippen molar-refractivity contribution in [3.63, 3.8) is 0 Å². The molecule has 0 bridgehead atoms. The van der Waals surface area contributed by atoms with E-state index in [0.29, 0.717) is 37.7 Å². The molecule has 0 spiro atoms. The van der Waals surface area contributed by atoms with Gasteiger partial charge in [-0.25, -0.2) is 18.1 Å². The number of halogens is 1. The predicted octanol–water partition coefficient (Wildman–Crippen LogP) is 8.42. The fourth-order valence-electron chi connectivity index (χ4n) is 9.23. The van der Waals surface area contributed by atoms with E-state index < -0.39 is 31.4 Å². The summed E-state index contributed by atoms with van der Waals surface area (Å²) in [5.74, 6) is -0.326. The lowest BCUT2D eigenvalue weighted by atomic mass is 9.73. The molecule has 5 aromatic rings. The molecule has 0 radical (unpaired) electrons. The van der Waals surface area contributed by atoms with Crippen LogP contribution >= 0.6 is 11.6 Å². The smallest absolute Gasteiger partial charge is 0.297 e. The second-order valence-corrected chi connectivity index (χ2v) is 19.7. The molecule has 4 aliphatic rings. The number of benzene rings is 3. The van der Waals surface area contributed by atoms with Gasteiger partial charge in [-0.2, -0.15) is 0 Å². The number of anilines is 2. The highest BCUT2D eigenvalue weighted by molar-refractivity contribution is 7.90. The number of nitrogens with zero attached hydrogens (tertiary/aromatic N) is 4. The number of allylic oxidation sites excluding steroid dienone is 1. The Morgan fingerprint density at radius 1 is 1.05 bits per heavy atom. The Kier molecular flexibility index (Phi) is 11.8. The second-order valence-electron chi connectivity index (χ2n) is 17.6. The number of ether oxygens (including phenoxy) is 3. The summed E-state index contributed by atoms with van der Waals surface area (Å²) in [5.41, 5.74) is 5.35. The topological polar surface area (TPSA) is 181 Å². The number of H-pyrrole nitrogens is 1. The Bertz CT molecular complexity index is 2690. The summed E-state index contributed by atoms with van der Waals surface area (Å²) >= 11 is 6.23. The van der Waals surface area contributed by atoms with E-state index in [1.807, 2.05) is 18.2 Å². The lowest BCUT2D eigenvalue weighted by Crippen LogP contribution is -2.47. The number of rotatable bonds is 11. The minimum Gasteiger partial charge on any atom is -0.489 e. The highest BCUT2D eigenvalue weighted by Crippen LogP contribution is 2.44. The van der Waals surface area contributed by atoms with Crippen LogP contribution in [0.2, 0.25) is 5.02 Å². The standard InChI is InChI=1S/C46H50ClN7O8S/c1-46(2)13-9-37(29-3-5-33(47)6-4-29)32(25-46)27-52-15-17-53(18-16-52)34-7-8-38(41(22-34)62-35-21-31-10-14-48-44(31)49-26-35)45(55)51-63(58,59)36-23-40(54(56)57)43-42(24-36)61-28-39(50-43)30-11-19-60-20-12-30/h3-8,10,14,21-24,26,30,39,50H,9,11-13,15-20,25,27-28H2,1-2H3,(H,48,49)(H,51,55)/t39-/m0/s1. The van der Waals surface area contributed by atoms with E-state index in [2.05, 4.69) is 55.8 Å². The zero-order valence-corrected chi connectivity index (χ0v) is 36.8. The van der Waals surface area contributed by atoms with Gasteiger partial charge in [-0.15, -0.1) is 0 Å². The van der Waals surface area contributed by atoms with Gasteiger partial charge in [-0.05, 0) is 91.0 Å². The van der Waals surface area contributed by atoms with E-state index in [1.54, 1.807) is 24.4 Å². The molecule has 17 heteroatoms. The van der Waals surface area contributed by atoms with Gasteiger partial charge in [0.1, 0.15) is 23.8 Å². The Balaban J connectivity index is 0.950. The lowest BCUT2D eigenvalue weighted by Gasteiger charge is -2.39. The number of carbonyl (C=O) groups excluding carboxylic acids is 1. The average molecular weight is 896 g/mol. The third-order valence-electron chi connectivity index (χ3n) is 12.7. The Morgan fingerprint density at radius 2 is 1.83 bits per heavy atom. The van der Waals surface area contributed by atoms with E-state index >= 15 is 0 Å². The molecule has 1 aliphatic carbocycles. The third-order valence-corrected chi connectivity index (χ3v) is 14.3. The van der Waals surface area contributed by atoms with Gasteiger partial charge in [0.25, 0.3) is 21.6 Å². The van der Waals surface area contributed by atoms with Crippen LogP contribution in [0, 0.1) is 21.4 Å². The minimum absolute atomic E-state index is 0.0164. The lowest BCUT2D eigenvalue weighted by molar-refractivity contribution is -0.384. The van der Waals surface area contributed by atoms with E-state index in [1.165, 1.54) is 35.0 Å². The number of carbonyl (C=O) groups is 1. The first kappa shape index (κ1) is 42.6. The molecule has 5 heterocycles. The molecule has 0 saturated carbocycles. The number of fused-ring (bicyclic) bond motifs is 2. The Labute approximate surface area is 371 Å². The summed E-state index contributed by atoms with van der Waals surface area (Å²) in [4.78, 5) is 37.4. The Hall–Kier alpha value is -5.68. The van der Waals surface area contributed by atoms with Crippen molar-refractivity contribution in [2.75, 3.05) is 62.8 Å². The van der Waals surface area contributed by atoms with Crippen molar-refractivity contribution in [2.24, 2.45) is 11.3 Å². The highest BCUT2D eigenvalue weighted by atomic mass is 35.5. The van der Waals surface area contributed by atoms with Gasteiger partial charge in [0.15, 0.2) is 11.4 Å². The molecule has 3 N–H and O–H groups in total. The summed E-state index contributed by atoms with van der Waals surface area (Å²) in [5, 5.41) is 17.0. The molecule has 2 saturated heterocycles. The van der Waals surface area contributed by atoms with Crippen LogP contribution < -0.4 is 24.4 Å². The van der Waals surface area contributed by atoms with Gasteiger partial charge in [-0.1, -0.05) is 43.2 Å². The van der Waals surface area contributed by atoms with Gasteiger partial charge in [0.05, 0.1) is 27.6 Å². The van der Waals surface area contributed by atoms with Crippen molar-refractivity contribution in [3.8, 4) is 17.2 Å². The number of hydrogen-bond acceptors (Lipinski definition) is 12. The number of nitro groups is 1. The first-order chi connectivity index (χ1) is 30.3. The normalized spacial score (nSPS) is 19.5. The highest BCUT2D eigenvalue weighted by Gasteiger charge is 2.36. The number of hydrogen-bond donors (Lipinski definition) is 3. The summed E-state index contributed by atoms with van der Waals surface area (Å²) < 4.78 is 47.7. The molecule has 9 rings (SSSR count). The van der Waals surface area contributed by atoms with Crippen LogP contribution in [0.4, 0.5) is 17.1 Å². The van der Waals surface area contributed by atoms with E-state index in [0.717, 1.165) is 73.9 Å². The van der Waals surface area contributed by atoms with Gasteiger partial charge < -0.3 is 29.4 Å². The maximum atomic E-state index is 14.0. The average Bonchev–Trinajstić information content (AvgIpc) is 3.74. The quantitative estimate of drug-likeness (QED) is 0.0852. The van der Waals surface area contributed by atoms with Crippen LogP contribution in [0.5, 0.6) is 17.2 Å². The first-order valence-electron chi connectivity index (χ1n) is 21.3. The molecule has 1 atom stereocenters. The van der Waals surface area contributed by atoms with E-state index in [9.17, 15) is 23.3 Å². The number of aromatic amines is 1. The van der Waals surface area contributed by atoms with Crippen LogP contribution in [0.25, 0.3) is 16.6 Å². The molecule has 63 heavy (non-hydrogen) atoms. The van der Waals surface area contributed by atoms with Crippen LogP contribution in [-0.2, 0) is 14.8 Å². The minimum atomic E-state index is -4.65. The number of sulfonamides is 1. The number of piperazine rings is 1. The third kappa shape index (κ3) is 9.35. The number of nitro benzene ring substituents is 1. The van der Waals surface area contributed by atoms with Gasteiger partial charge in [-0.3, -0.25) is 19.8 Å². The van der Waals surface area contributed by atoms with Gasteiger partial charge in [0.2, 0.25) is 0 Å².